The van der Waals surface area contributed by atoms with Gasteiger partial charge in [0.1, 0.15) is 17.5 Å². The quantitative estimate of drug-likeness (QED) is 0.438. The van der Waals surface area contributed by atoms with Gasteiger partial charge in [0.2, 0.25) is 0 Å². The molecule has 0 atom stereocenters. The van der Waals surface area contributed by atoms with E-state index in [0.717, 1.165) is 35.5 Å². The second-order valence-corrected chi connectivity index (χ2v) is 10.3. The zero-order chi connectivity index (χ0) is 24.9. The first kappa shape index (κ1) is 24.9. The third-order valence-corrected chi connectivity index (χ3v) is 7.65. The van der Waals surface area contributed by atoms with Gasteiger partial charge in [-0.1, -0.05) is 29.8 Å². The van der Waals surface area contributed by atoms with Gasteiger partial charge < -0.3 is 15.5 Å². The highest BCUT2D eigenvalue weighted by Gasteiger charge is 2.27. The van der Waals surface area contributed by atoms with E-state index < -0.39 is 0 Å². The lowest BCUT2D eigenvalue weighted by atomic mass is 9.89. The Morgan fingerprint density at radius 2 is 1.75 bits per heavy atom. The van der Waals surface area contributed by atoms with Crippen molar-refractivity contribution in [3.8, 4) is 11.3 Å². The maximum absolute atomic E-state index is 13.5. The van der Waals surface area contributed by atoms with Crippen LogP contribution in [0.4, 0.5) is 16.0 Å². The molecule has 0 bridgehead atoms. The molecule has 1 aliphatic carbocycles. The van der Waals surface area contributed by atoms with Gasteiger partial charge in [-0.2, -0.15) is 0 Å². The van der Waals surface area contributed by atoms with Crippen molar-refractivity contribution in [2.24, 2.45) is 0 Å². The Morgan fingerprint density at radius 3 is 2.53 bits per heavy atom. The van der Waals surface area contributed by atoms with E-state index in [1.165, 1.54) is 51.2 Å². The van der Waals surface area contributed by atoms with Crippen LogP contribution in [0.3, 0.4) is 0 Å². The predicted molar refractivity (Wildman–Crippen MR) is 145 cm³/mol. The van der Waals surface area contributed by atoms with E-state index in [4.69, 9.17) is 16.6 Å². The van der Waals surface area contributed by atoms with Gasteiger partial charge in [-0.15, -0.1) is 0 Å². The van der Waals surface area contributed by atoms with Crippen molar-refractivity contribution in [2.45, 2.75) is 44.3 Å². The zero-order valence-corrected chi connectivity index (χ0v) is 21.5. The van der Waals surface area contributed by atoms with Gasteiger partial charge in [0.15, 0.2) is 0 Å². The summed E-state index contributed by atoms with van der Waals surface area (Å²) in [4.78, 5) is 14.4. The second kappa shape index (κ2) is 11.5. The second-order valence-electron chi connectivity index (χ2n) is 9.93. The predicted octanol–water partition coefficient (Wildman–Crippen LogP) is 5.52. The van der Waals surface area contributed by atoms with Crippen LogP contribution >= 0.6 is 11.6 Å². The van der Waals surface area contributed by atoms with Crippen LogP contribution in [0, 0.1) is 5.82 Å². The maximum atomic E-state index is 13.5. The van der Waals surface area contributed by atoms with Crippen molar-refractivity contribution in [1.29, 1.82) is 0 Å². The standard InChI is InChI=1S/C28H34ClFN6/c1-35-12-14-36(15-13-35)23-10-8-22(9-11-23)33-28-17-24(25(29)19-32-28)26-6-3-7-27(34-26)31-18-20-4-2-5-21(30)16-20/h2-7,16-17,19,22-23H,8-15,18H2,1H3,(H,31,34)(H,32,33). The summed E-state index contributed by atoms with van der Waals surface area (Å²) in [7, 11) is 2.21. The number of anilines is 2. The van der Waals surface area contributed by atoms with Gasteiger partial charge in [-0.05, 0) is 68.6 Å². The van der Waals surface area contributed by atoms with Crippen molar-refractivity contribution in [3.63, 3.8) is 0 Å². The first-order valence-corrected chi connectivity index (χ1v) is 13.2. The molecule has 2 aromatic heterocycles. The highest BCUT2D eigenvalue weighted by Crippen LogP contribution is 2.31. The van der Waals surface area contributed by atoms with Gasteiger partial charge in [-0.3, -0.25) is 4.90 Å². The van der Waals surface area contributed by atoms with E-state index in [0.29, 0.717) is 29.5 Å². The van der Waals surface area contributed by atoms with E-state index in [9.17, 15) is 4.39 Å². The lowest BCUT2D eigenvalue weighted by Crippen LogP contribution is -2.50. The van der Waals surface area contributed by atoms with E-state index in [-0.39, 0.29) is 5.82 Å². The van der Waals surface area contributed by atoms with E-state index in [1.807, 2.05) is 30.3 Å². The number of rotatable bonds is 7. The molecule has 3 aromatic rings. The minimum absolute atomic E-state index is 0.243. The number of hydrogen-bond acceptors (Lipinski definition) is 6. The number of likely N-dealkylation sites (N-methyl/N-ethyl adjacent to an activating group) is 1. The van der Waals surface area contributed by atoms with E-state index in [2.05, 4.69) is 32.5 Å². The Hall–Kier alpha value is -2.74. The zero-order valence-electron chi connectivity index (χ0n) is 20.8. The molecule has 6 nitrogen and oxygen atoms in total. The fraction of sp³-hybridized carbons (Fsp3) is 0.429. The minimum Gasteiger partial charge on any atom is -0.367 e. The average molecular weight is 509 g/mol. The minimum atomic E-state index is -0.243. The fourth-order valence-corrected chi connectivity index (χ4v) is 5.42. The highest BCUT2D eigenvalue weighted by atomic mass is 35.5. The number of pyridine rings is 2. The molecule has 2 fully saturated rings. The van der Waals surface area contributed by atoms with E-state index >= 15 is 0 Å². The molecule has 36 heavy (non-hydrogen) atoms. The molecular weight excluding hydrogens is 475 g/mol. The topological polar surface area (TPSA) is 56.3 Å². The molecule has 0 spiro atoms. The lowest BCUT2D eigenvalue weighted by molar-refractivity contribution is 0.0894. The number of nitrogens with zero attached hydrogens (tertiary/aromatic N) is 4. The van der Waals surface area contributed by atoms with Crippen molar-refractivity contribution in [2.75, 3.05) is 43.9 Å². The summed E-state index contributed by atoms with van der Waals surface area (Å²) < 4.78 is 13.5. The normalized spacial score (nSPS) is 21.3. The van der Waals surface area contributed by atoms with Crippen LogP contribution in [0.25, 0.3) is 11.3 Å². The smallest absolute Gasteiger partial charge is 0.126 e. The van der Waals surface area contributed by atoms with Gasteiger partial charge in [0.25, 0.3) is 0 Å². The molecular formula is C28H34ClFN6. The van der Waals surface area contributed by atoms with Crippen molar-refractivity contribution < 1.29 is 4.39 Å². The summed E-state index contributed by atoms with van der Waals surface area (Å²) in [6, 6.07) is 15.5. The van der Waals surface area contributed by atoms with Crippen molar-refractivity contribution >= 4 is 23.2 Å². The van der Waals surface area contributed by atoms with Crippen LogP contribution in [0.1, 0.15) is 31.2 Å². The fourth-order valence-electron chi connectivity index (χ4n) is 5.22. The molecule has 190 valence electrons. The highest BCUT2D eigenvalue weighted by molar-refractivity contribution is 6.33. The number of piperazine rings is 1. The maximum Gasteiger partial charge on any atom is 0.126 e. The molecule has 3 heterocycles. The SMILES string of the molecule is CN1CCN(C2CCC(Nc3cc(-c4cccc(NCc5cccc(F)c5)n4)c(Cl)cn3)CC2)CC1. The Labute approximate surface area is 217 Å². The number of halogens is 2. The van der Waals surface area contributed by atoms with Crippen LogP contribution in [0.5, 0.6) is 0 Å². The Balaban J connectivity index is 1.20. The molecule has 1 aromatic carbocycles. The van der Waals surface area contributed by atoms with Crippen LogP contribution in [0.2, 0.25) is 5.02 Å². The average Bonchev–Trinajstić information content (AvgIpc) is 2.90. The molecule has 5 rings (SSSR count). The molecule has 0 unspecified atom stereocenters. The summed E-state index contributed by atoms with van der Waals surface area (Å²) in [5, 5.41) is 7.48. The Bertz CT molecular complexity index is 1160. The summed E-state index contributed by atoms with van der Waals surface area (Å²) >= 11 is 6.53. The first-order valence-electron chi connectivity index (χ1n) is 12.8. The third kappa shape index (κ3) is 6.33. The monoisotopic (exact) mass is 508 g/mol. The first-order chi connectivity index (χ1) is 17.5. The largest absolute Gasteiger partial charge is 0.367 e. The number of hydrogen-bond donors (Lipinski definition) is 2. The van der Waals surface area contributed by atoms with Gasteiger partial charge in [-0.25, -0.2) is 14.4 Å². The molecule has 2 aliphatic rings. The molecule has 0 amide bonds. The summed E-state index contributed by atoms with van der Waals surface area (Å²) in [5.41, 5.74) is 2.47. The molecule has 1 saturated carbocycles. The van der Waals surface area contributed by atoms with Crippen molar-refractivity contribution in [3.05, 3.63) is 71.1 Å². The Morgan fingerprint density at radius 1 is 0.972 bits per heavy atom. The van der Waals surface area contributed by atoms with Crippen LogP contribution in [0.15, 0.2) is 54.7 Å². The number of aromatic nitrogens is 2. The molecule has 1 saturated heterocycles. The summed E-state index contributed by atoms with van der Waals surface area (Å²) in [6.45, 7) is 5.20. The van der Waals surface area contributed by atoms with Gasteiger partial charge >= 0.3 is 0 Å². The molecule has 0 radical (unpaired) electrons. The number of nitrogens with one attached hydrogen (secondary N) is 2. The van der Waals surface area contributed by atoms with Gasteiger partial charge in [0.05, 0.1) is 10.7 Å². The molecule has 8 heteroatoms. The van der Waals surface area contributed by atoms with Crippen LogP contribution in [-0.4, -0.2) is 65.1 Å². The summed E-state index contributed by atoms with van der Waals surface area (Å²) in [5.74, 6) is 1.30. The summed E-state index contributed by atoms with van der Waals surface area (Å²) in [6.07, 6.45) is 6.44. The van der Waals surface area contributed by atoms with Gasteiger partial charge in [0, 0.05) is 56.6 Å². The van der Waals surface area contributed by atoms with Crippen molar-refractivity contribution in [1.82, 2.24) is 19.8 Å². The molecule has 1 aliphatic heterocycles. The lowest BCUT2D eigenvalue weighted by Gasteiger charge is -2.41. The molecule has 2 N–H and O–H groups in total. The van der Waals surface area contributed by atoms with Crippen LogP contribution in [-0.2, 0) is 6.54 Å². The number of benzene rings is 1. The van der Waals surface area contributed by atoms with E-state index in [1.54, 1.807) is 12.3 Å². The van der Waals surface area contributed by atoms with Crippen LogP contribution < -0.4 is 10.6 Å². The third-order valence-electron chi connectivity index (χ3n) is 7.35. The Kier molecular flexibility index (Phi) is 7.99.